The topological polar surface area (TPSA) is 42.0 Å². The van der Waals surface area contributed by atoms with E-state index < -0.39 is 0 Å². The molecule has 0 aliphatic carbocycles. The second kappa shape index (κ2) is 7.10. The van der Waals surface area contributed by atoms with Gasteiger partial charge in [0, 0.05) is 27.5 Å². The van der Waals surface area contributed by atoms with Crippen molar-refractivity contribution in [3.63, 3.8) is 0 Å². The summed E-state index contributed by atoms with van der Waals surface area (Å²) in [5.41, 5.74) is 2.61. The van der Waals surface area contributed by atoms with Crippen molar-refractivity contribution < 1.29 is 4.79 Å². The highest BCUT2D eigenvalue weighted by Gasteiger charge is 2.13. The minimum atomic E-state index is -0.114. The number of nitrogens with one attached hydrogen (secondary N) is 1. The second-order valence-corrected chi connectivity index (χ2v) is 7.30. The van der Waals surface area contributed by atoms with Crippen LogP contribution in [0.5, 0.6) is 0 Å². The number of hydrogen-bond acceptors (Lipinski definition) is 3. The van der Waals surface area contributed by atoms with Crippen LogP contribution < -0.4 is 5.32 Å². The molecule has 0 spiro atoms. The zero-order valence-corrected chi connectivity index (χ0v) is 15.2. The van der Waals surface area contributed by atoms with Gasteiger partial charge >= 0.3 is 0 Å². The maximum atomic E-state index is 12.6. The van der Waals surface area contributed by atoms with Crippen molar-refractivity contribution in [3.8, 4) is 10.4 Å². The molecule has 1 unspecified atom stereocenters. The molecular weight excluding hydrogens is 340 g/mol. The van der Waals surface area contributed by atoms with Gasteiger partial charge in [-0.15, -0.1) is 11.3 Å². The van der Waals surface area contributed by atoms with Crippen LogP contribution >= 0.6 is 11.3 Å². The summed E-state index contributed by atoms with van der Waals surface area (Å²) in [6.45, 7) is 1.98. The third-order valence-corrected chi connectivity index (χ3v) is 5.52. The molecule has 2 aromatic heterocycles. The Hall–Kier alpha value is -2.98. The molecule has 1 amide bonds. The van der Waals surface area contributed by atoms with Crippen LogP contribution in [0.25, 0.3) is 20.5 Å². The molecule has 0 radical (unpaired) electrons. The summed E-state index contributed by atoms with van der Waals surface area (Å²) in [6.07, 6.45) is 3.42. The molecule has 0 fully saturated rings. The van der Waals surface area contributed by atoms with Crippen molar-refractivity contribution in [1.29, 1.82) is 0 Å². The van der Waals surface area contributed by atoms with Crippen LogP contribution in [0.4, 0.5) is 0 Å². The zero-order valence-electron chi connectivity index (χ0n) is 14.3. The Labute approximate surface area is 156 Å². The van der Waals surface area contributed by atoms with Gasteiger partial charge in [-0.25, -0.2) is 0 Å². The first-order valence-corrected chi connectivity index (χ1v) is 9.32. The fraction of sp³-hybridized carbons (Fsp3) is 0.0909. The highest BCUT2D eigenvalue weighted by molar-refractivity contribution is 7.22. The van der Waals surface area contributed by atoms with Crippen molar-refractivity contribution in [2.24, 2.45) is 0 Å². The summed E-state index contributed by atoms with van der Waals surface area (Å²) < 4.78 is 1.23. The summed E-state index contributed by atoms with van der Waals surface area (Å²) in [6, 6.07) is 22.2. The molecule has 4 rings (SSSR count). The molecule has 4 heteroatoms. The Morgan fingerprint density at radius 1 is 1.00 bits per heavy atom. The average molecular weight is 358 g/mol. The second-order valence-electron chi connectivity index (χ2n) is 6.22. The Kier molecular flexibility index (Phi) is 4.50. The first-order valence-electron chi connectivity index (χ1n) is 8.50. The van der Waals surface area contributed by atoms with Crippen molar-refractivity contribution in [1.82, 2.24) is 10.3 Å². The van der Waals surface area contributed by atoms with E-state index in [-0.39, 0.29) is 11.9 Å². The van der Waals surface area contributed by atoms with E-state index in [0.717, 1.165) is 16.0 Å². The van der Waals surface area contributed by atoms with Crippen LogP contribution in [0.3, 0.4) is 0 Å². The van der Waals surface area contributed by atoms with Crippen LogP contribution in [-0.4, -0.2) is 10.9 Å². The fourth-order valence-electron chi connectivity index (χ4n) is 2.93. The molecule has 0 bridgehead atoms. The quantitative estimate of drug-likeness (QED) is 0.527. The van der Waals surface area contributed by atoms with E-state index in [1.165, 1.54) is 10.1 Å². The largest absolute Gasteiger partial charge is 0.345 e. The minimum absolute atomic E-state index is 0.0586. The van der Waals surface area contributed by atoms with Gasteiger partial charge in [0.1, 0.15) is 0 Å². The Bertz CT molecular complexity index is 1020. The van der Waals surface area contributed by atoms with E-state index >= 15 is 0 Å². The molecule has 128 valence electrons. The predicted molar refractivity (Wildman–Crippen MR) is 107 cm³/mol. The molecule has 26 heavy (non-hydrogen) atoms. The average Bonchev–Trinajstić information content (AvgIpc) is 3.13. The molecule has 2 aromatic carbocycles. The maximum Gasteiger partial charge on any atom is 0.253 e. The molecule has 1 N–H and O–H groups in total. The van der Waals surface area contributed by atoms with Crippen molar-refractivity contribution in [3.05, 3.63) is 90.3 Å². The molecule has 3 nitrogen and oxygen atoms in total. The number of carbonyl (C=O) groups is 1. The number of thiophene rings is 1. The lowest BCUT2D eigenvalue weighted by Gasteiger charge is -2.14. The Balaban J connectivity index is 1.58. The Morgan fingerprint density at radius 2 is 1.77 bits per heavy atom. The number of fused-ring (bicyclic) bond motifs is 1. The predicted octanol–water partition coefficient (Wildman–Crippen LogP) is 5.45. The molecular formula is C22H18N2OS. The molecule has 4 aromatic rings. The van der Waals surface area contributed by atoms with Crippen molar-refractivity contribution >= 4 is 27.3 Å². The SMILES string of the molecule is CC(NC(=O)c1cncc(-c2cc3ccccc3s2)c1)c1ccccc1. The number of nitrogens with zero attached hydrogens (tertiary/aromatic N) is 1. The lowest BCUT2D eigenvalue weighted by Crippen LogP contribution is -2.26. The molecule has 0 aliphatic heterocycles. The van der Waals surface area contributed by atoms with E-state index in [1.54, 1.807) is 17.5 Å². The van der Waals surface area contributed by atoms with Crippen LogP contribution in [0.15, 0.2) is 79.1 Å². The molecule has 0 saturated heterocycles. The van der Waals surface area contributed by atoms with E-state index in [2.05, 4.69) is 28.5 Å². The normalized spacial score (nSPS) is 12.0. The smallest absolute Gasteiger partial charge is 0.253 e. The Morgan fingerprint density at radius 3 is 2.58 bits per heavy atom. The van der Waals surface area contributed by atoms with Gasteiger partial charge in [-0.3, -0.25) is 9.78 Å². The highest BCUT2D eigenvalue weighted by Crippen LogP contribution is 2.33. The number of benzene rings is 2. The van der Waals surface area contributed by atoms with Gasteiger partial charge in [-0.05, 0) is 36.1 Å². The molecule has 0 aliphatic rings. The van der Waals surface area contributed by atoms with E-state index in [9.17, 15) is 4.79 Å². The van der Waals surface area contributed by atoms with E-state index in [4.69, 9.17) is 0 Å². The first-order chi connectivity index (χ1) is 12.7. The monoisotopic (exact) mass is 358 g/mol. The lowest BCUT2D eigenvalue weighted by molar-refractivity contribution is 0.0939. The van der Waals surface area contributed by atoms with E-state index in [1.807, 2.05) is 61.7 Å². The molecule has 1 atom stereocenters. The summed E-state index contributed by atoms with van der Waals surface area (Å²) in [7, 11) is 0. The standard InChI is InChI=1S/C22H18N2OS/c1-15(16-7-3-2-4-8-16)24-22(25)19-11-18(13-23-14-19)21-12-17-9-5-6-10-20(17)26-21/h2-15H,1H3,(H,24,25). The number of amides is 1. The number of carbonyl (C=O) groups excluding carboxylic acids is 1. The van der Waals surface area contributed by atoms with Gasteiger partial charge in [-0.2, -0.15) is 0 Å². The fourth-order valence-corrected chi connectivity index (χ4v) is 3.97. The number of hydrogen-bond donors (Lipinski definition) is 1. The number of pyridine rings is 1. The van der Waals surface area contributed by atoms with Gasteiger partial charge in [0.05, 0.1) is 11.6 Å². The van der Waals surface area contributed by atoms with Gasteiger partial charge in [0.25, 0.3) is 5.91 Å². The van der Waals surface area contributed by atoms with Crippen LogP contribution in [-0.2, 0) is 0 Å². The third-order valence-electron chi connectivity index (χ3n) is 4.36. The summed E-state index contributed by atoms with van der Waals surface area (Å²) >= 11 is 1.71. The zero-order chi connectivity index (χ0) is 17.9. The van der Waals surface area contributed by atoms with Crippen LogP contribution in [0, 0.1) is 0 Å². The van der Waals surface area contributed by atoms with Crippen molar-refractivity contribution in [2.75, 3.05) is 0 Å². The highest BCUT2D eigenvalue weighted by atomic mass is 32.1. The van der Waals surface area contributed by atoms with Gasteiger partial charge in [0.2, 0.25) is 0 Å². The minimum Gasteiger partial charge on any atom is -0.345 e. The van der Waals surface area contributed by atoms with E-state index in [0.29, 0.717) is 5.56 Å². The first kappa shape index (κ1) is 16.5. The van der Waals surface area contributed by atoms with Crippen LogP contribution in [0.2, 0.25) is 0 Å². The van der Waals surface area contributed by atoms with Gasteiger partial charge in [0.15, 0.2) is 0 Å². The number of aromatic nitrogens is 1. The summed E-state index contributed by atoms with van der Waals surface area (Å²) in [5, 5.41) is 4.25. The molecule has 2 heterocycles. The number of rotatable bonds is 4. The van der Waals surface area contributed by atoms with Gasteiger partial charge < -0.3 is 5.32 Å². The summed E-state index contributed by atoms with van der Waals surface area (Å²) in [5.74, 6) is -0.114. The molecule has 0 saturated carbocycles. The third kappa shape index (κ3) is 3.37. The van der Waals surface area contributed by atoms with Crippen LogP contribution in [0.1, 0.15) is 28.9 Å². The van der Waals surface area contributed by atoms with Crippen molar-refractivity contribution in [2.45, 2.75) is 13.0 Å². The van der Waals surface area contributed by atoms with Gasteiger partial charge in [-0.1, -0.05) is 48.5 Å². The lowest BCUT2D eigenvalue weighted by atomic mass is 10.1. The maximum absolute atomic E-state index is 12.6. The summed E-state index contributed by atoms with van der Waals surface area (Å²) in [4.78, 5) is 18.0.